The summed E-state index contributed by atoms with van der Waals surface area (Å²) in [6.45, 7) is 5.73. The van der Waals surface area contributed by atoms with Crippen LogP contribution in [0.4, 0.5) is 0 Å². The monoisotopic (exact) mass is 196 g/mol. The zero-order valence-corrected chi connectivity index (χ0v) is 8.76. The molecule has 1 fully saturated rings. The smallest absolute Gasteiger partial charge is 0.0635 e. The van der Waals surface area contributed by atoms with Gasteiger partial charge in [-0.05, 0) is 12.8 Å². The van der Waals surface area contributed by atoms with E-state index in [9.17, 15) is 0 Å². The Morgan fingerprint density at radius 3 is 2.77 bits per heavy atom. The maximum absolute atomic E-state index is 8.49. The molecule has 1 aliphatic carbocycles. The van der Waals surface area contributed by atoms with Gasteiger partial charge in [-0.25, -0.2) is 0 Å². The van der Waals surface area contributed by atoms with Crippen molar-refractivity contribution in [3.63, 3.8) is 0 Å². The summed E-state index contributed by atoms with van der Waals surface area (Å²) >= 11 is 4.18. The molecule has 0 aromatic rings. The standard InChI is InChI=1S/C10H16N2S/c1-9(8-13)7-12(6-2-5-11)10-3-4-10/h10,13H,1-4,6-8H2. The topological polar surface area (TPSA) is 27.0 Å². The second-order valence-corrected chi connectivity index (χ2v) is 3.83. The molecule has 0 unspecified atom stereocenters. The molecule has 0 radical (unpaired) electrons. The number of hydrogen-bond donors (Lipinski definition) is 1. The molecule has 0 bridgehead atoms. The van der Waals surface area contributed by atoms with Gasteiger partial charge in [0.15, 0.2) is 0 Å². The summed E-state index contributed by atoms with van der Waals surface area (Å²) < 4.78 is 0. The Morgan fingerprint density at radius 1 is 1.62 bits per heavy atom. The summed E-state index contributed by atoms with van der Waals surface area (Å²) in [5, 5.41) is 8.49. The lowest BCUT2D eigenvalue weighted by molar-refractivity contribution is 0.293. The van der Waals surface area contributed by atoms with Crippen molar-refractivity contribution in [2.45, 2.75) is 25.3 Å². The predicted molar refractivity (Wildman–Crippen MR) is 57.8 cm³/mol. The molecule has 0 amide bonds. The molecule has 13 heavy (non-hydrogen) atoms. The molecule has 0 aromatic heterocycles. The first-order valence-electron chi connectivity index (χ1n) is 4.66. The quantitative estimate of drug-likeness (QED) is 0.518. The van der Waals surface area contributed by atoms with E-state index >= 15 is 0 Å². The highest BCUT2D eigenvalue weighted by Crippen LogP contribution is 2.27. The first kappa shape index (κ1) is 10.6. The Labute approximate surface area is 85.6 Å². The van der Waals surface area contributed by atoms with Crippen molar-refractivity contribution in [2.75, 3.05) is 18.8 Å². The normalized spacial score (nSPS) is 15.8. The molecule has 3 heteroatoms. The molecule has 0 atom stereocenters. The van der Waals surface area contributed by atoms with E-state index in [4.69, 9.17) is 5.26 Å². The third kappa shape index (κ3) is 3.84. The molecule has 0 N–H and O–H groups in total. The molecule has 0 heterocycles. The highest BCUT2D eigenvalue weighted by atomic mass is 32.1. The van der Waals surface area contributed by atoms with Crippen molar-refractivity contribution >= 4 is 12.6 Å². The molecule has 72 valence electrons. The van der Waals surface area contributed by atoms with Crippen molar-refractivity contribution in [3.05, 3.63) is 12.2 Å². The van der Waals surface area contributed by atoms with Crippen molar-refractivity contribution in [1.29, 1.82) is 5.26 Å². The molecular weight excluding hydrogens is 180 g/mol. The maximum atomic E-state index is 8.49. The van der Waals surface area contributed by atoms with Crippen molar-refractivity contribution in [1.82, 2.24) is 4.90 Å². The van der Waals surface area contributed by atoms with Crippen LogP contribution in [0.1, 0.15) is 19.3 Å². The minimum absolute atomic E-state index is 0.621. The Kier molecular flexibility index (Phi) is 4.34. The van der Waals surface area contributed by atoms with Gasteiger partial charge in [-0.15, -0.1) is 0 Å². The van der Waals surface area contributed by atoms with Gasteiger partial charge in [0.2, 0.25) is 0 Å². The molecular formula is C10H16N2S. The van der Waals surface area contributed by atoms with Gasteiger partial charge >= 0.3 is 0 Å². The third-order valence-corrected chi connectivity index (χ3v) is 2.67. The largest absolute Gasteiger partial charge is 0.295 e. The summed E-state index contributed by atoms with van der Waals surface area (Å²) in [7, 11) is 0. The fourth-order valence-corrected chi connectivity index (χ4v) is 1.46. The Balaban J connectivity index is 2.29. The minimum Gasteiger partial charge on any atom is -0.295 e. The van der Waals surface area contributed by atoms with E-state index in [0.29, 0.717) is 12.5 Å². The molecule has 0 aliphatic heterocycles. The van der Waals surface area contributed by atoms with E-state index < -0.39 is 0 Å². The number of thiol groups is 1. The molecule has 1 rings (SSSR count). The highest BCUT2D eigenvalue weighted by Gasteiger charge is 2.28. The van der Waals surface area contributed by atoms with Crippen LogP contribution in [-0.2, 0) is 0 Å². The van der Waals surface area contributed by atoms with E-state index in [1.165, 1.54) is 12.8 Å². The van der Waals surface area contributed by atoms with E-state index in [0.717, 1.165) is 24.4 Å². The van der Waals surface area contributed by atoms with Crippen LogP contribution in [0.15, 0.2) is 12.2 Å². The van der Waals surface area contributed by atoms with Gasteiger partial charge in [0, 0.05) is 31.3 Å². The Morgan fingerprint density at radius 2 is 2.31 bits per heavy atom. The summed E-state index contributed by atoms with van der Waals surface area (Å²) in [5.74, 6) is 0.746. The average molecular weight is 196 g/mol. The zero-order valence-electron chi connectivity index (χ0n) is 7.87. The van der Waals surface area contributed by atoms with E-state index in [-0.39, 0.29) is 0 Å². The second kappa shape index (κ2) is 5.31. The van der Waals surface area contributed by atoms with Crippen LogP contribution in [0.2, 0.25) is 0 Å². The number of nitriles is 1. The van der Waals surface area contributed by atoms with Gasteiger partial charge in [0.1, 0.15) is 0 Å². The number of nitrogens with zero attached hydrogens (tertiary/aromatic N) is 2. The van der Waals surface area contributed by atoms with Gasteiger partial charge in [-0.1, -0.05) is 12.2 Å². The molecule has 0 aromatic carbocycles. The summed E-state index contributed by atoms with van der Waals surface area (Å²) in [4.78, 5) is 2.35. The van der Waals surface area contributed by atoms with Crippen LogP contribution in [0.25, 0.3) is 0 Å². The predicted octanol–water partition coefficient (Wildman–Crippen LogP) is 1.85. The lowest BCUT2D eigenvalue weighted by Crippen LogP contribution is -2.29. The summed E-state index contributed by atoms with van der Waals surface area (Å²) in [6.07, 6.45) is 3.19. The molecule has 2 nitrogen and oxygen atoms in total. The number of hydrogen-bond acceptors (Lipinski definition) is 3. The van der Waals surface area contributed by atoms with E-state index in [1.807, 2.05) is 0 Å². The highest BCUT2D eigenvalue weighted by molar-refractivity contribution is 7.80. The van der Waals surface area contributed by atoms with E-state index in [2.05, 4.69) is 30.2 Å². The van der Waals surface area contributed by atoms with Gasteiger partial charge in [-0.3, -0.25) is 4.90 Å². The van der Waals surface area contributed by atoms with Gasteiger partial charge in [0.25, 0.3) is 0 Å². The maximum Gasteiger partial charge on any atom is 0.0635 e. The van der Waals surface area contributed by atoms with Crippen molar-refractivity contribution in [3.8, 4) is 6.07 Å². The van der Waals surface area contributed by atoms with Crippen molar-refractivity contribution < 1.29 is 0 Å². The molecule has 1 saturated carbocycles. The first-order valence-corrected chi connectivity index (χ1v) is 5.29. The van der Waals surface area contributed by atoms with Gasteiger partial charge < -0.3 is 0 Å². The summed E-state index contributed by atoms with van der Waals surface area (Å²) in [5.41, 5.74) is 1.15. The fraction of sp³-hybridized carbons (Fsp3) is 0.700. The van der Waals surface area contributed by atoms with Crippen LogP contribution in [0, 0.1) is 11.3 Å². The molecule has 0 spiro atoms. The first-order chi connectivity index (χ1) is 6.27. The Hall–Kier alpha value is -0.460. The number of rotatable bonds is 6. The van der Waals surface area contributed by atoms with Crippen LogP contribution in [-0.4, -0.2) is 29.8 Å². The second-order valence-electron chi connectivity index (χ2n) is 3.52. The van der Waals surface area contributed by atoms with Gasteiger partial charge in [-0.2, -0.15) is 17.9 Å². The minimum atomic E-state index is 0.621. The van der Waals surface area contributed by atoms with Crippen LogP contribution in [0.3, 0.4) is 0 Å². The van der Waals surface area contributed by atoms with Crippen molar-refractivity contribution in [2.24, 2.45) is 0 Å². The lowest BCUT2D eigenvalue weighted by atomic mass is 10.3. The van der Waals surface area contributed by atoms with Crippen LogP contribution >= 0.6 is 12.6 Å². The summed E-state index contributed by atoms with van der Waals surface area (Å²) in [6, 6.07) is 2.89. The third-order valence-electron chi connectivity index (χ3n) is 2.22. The zero-order chi connectivity index (χ0) is 9.68. The SMILES string of the molecule is C=C(CS)CN(CCC#N)C1CC1. The van der Waals surface area contributed by atoms with Gasteiger partial charge in [0.05, 0.1) is 6.07 Å². The Bertz CT molecular complexity index is 215. The van der Waals surface area contributed by atoms with Crippen LogP contribution < -0.4 is 0 Å². The fourth-order valence-electron chi connectivity index (χ4n) is 1.36. The molecule has 1 aliphatic rings. The van der Waals surface area contributed by atoms with Crippen LogP contribution in [0.5, 0.6) is 0 Å². The average Bonchev–Trinajstić information content (AvgIpc) is 2.94. The lowest BCUT2D eigenvalue weighted by Gasteiger charge is -2.21. The van der Waals surface area contributed by atoms with E-state index in [1.54, 1.807) is 0 Å². The molecule has 0 saturated heterocycles.